The highest BCUT2D eigenvalue weighted by atomic mass is 35.5. The molecule has 2 N–H and O–H groups in total. The van der Waals surface area contributed by atoms with Gasteiger partial charge >= 0.3 is 0 Å². The lowest BCUT2D eigenvalue weighted by atomic mass is 10.2. The van der Waals surface area contributed by atoms with Crippen molar-refractivity contribution in [1.29, 1.82) is 0 Å². The standard InChI is InChI=1S/C21H17ClFN3O2S/c1-13(20(27)26-19-10-9-14(22)12-24-19)29-16-6-4-5-15(11-16)25-21(28)17-7-2-3-8-18(17)23/h2-13H,1H3,(H,25,28)(H,24,26,27). The summed E-state index contributed by atoms with van der Waals surface area (Å²) in [5, 5.41) is 5.47. The Hall–Kier alpha value is -2.90. The molecule has 1 heterocycles. The van der Waals surface area contributed by atoms with Gasteiger partial charge in [-0.05, 0) is 49.4 Å². The van der Waals surface area contributed by atoms with Crippen LogP contribution in [0.1, 0.15) is 17.3 Å². The van der Waals surface area contributed by atoms with Gasteiger partial charge in [-0.25, -0.2) is 9.37 Å². The number of aromatic nitrogens is 1. The van der Waals surface area contributed by atoms with E-state index in [2.05, 4.69) is 15.6 Å². The first-order valence-corrected chi connectivity index (χ1v) is 9.93. The minimum absolute atomic E-state index is 0.0335. The number of hydrogen-bond acceptors (Lipinski definition) is 4. The summed E-state index contributed by atoms with van der Waals surface area (Å²) in [7, 11) is 0. The van der Waals surface area contributed by atoms with Gasteiger partial charge in [0, 0.05) is 16.8 Å². The summed E-state index contributed by atoms with van der Waals surface area (Å²) >= 11 is 7.11. The van der Waals surface area contributed by atoms with Gasteiger partial charge in [0.15, 0.2) is 0 Å². The van der Waals surface area contributed by atoms with Crippen LogP contribution in [-0.4, -0.2) is 22.0 Å². The summed E-state index contributed by atoms with van der Waals surface area (Å²) in [4.78, 5) is 29.5. The highest BCUT2D eigenvalue weighted by Gasteiger charge is 2.16. The highest BCUT2D eigenvalue weighted by molar-refractivity contribution is 8.00. The Balaban J connectivity index is 1.63. The Morgan fingerprint density at radius 2 is 1.86 bits per heavy atom. The van der Waals surface area contributed by atoms with Crippen molar-refractivity contribution in [2.75, 3.05) is 10.6 Å². The van der Waals surface area contributed by atoms with Gasteiger partial charge in [-0.2, -0.15) is 0 Å². The summed E-state index contributed by atoms with van der Waals surface area (Å²) in [5.41, 5.74) is 0.476. The molecule has 3 aromatic rings. The number of pyridine rings is 1. The molecule has 0 saturated heterocycles. The van der Waals surface area contributed by atoms with Crippen molar-refractivity contribution in [2.24, 2.45) is 0 Å². The SMILES string of the molecule is CC(Sc1cccc(NC(=O)c2ccccc2F)c1)C(=O)Nc1ccc(Cl)cn1. The van der Waals surface area contributed by atoms with Crippen LogP contribution in [0.5, 0.6) is 0 Å². The molecule has 0 aliphatic carbocycles. The largest absolute Gasteiger partial charge is 0.322 e. The van der Waals surface area contributed by atoms with Gasteiger partial charge in [-0.3, -0.25) is 9.59 Å². The zero-order chi connectivity index (χ0) is 20.8. The van der Waals surface area contributed by atoms with E-state index in [1.807, 2.05) is 6.07 Å². The van der Waals surface area contributed by atoms with Gasteiger partial charge in [-0.1, -0.05) is 29.8 Å². The summed E-state index contributed by atoms with van der Waals surface area (Å²) < 4.78 is 13.8. The molecule has 2 aromatic carbocycles. The lowest BCUT2D eigenvalue weighted by Gasteiger charge is -2.13. The molecule has 1 aromatic heterocycles. The van der Waals surface area contributed by atoms with Crippen molar-refractivity contribution < 1.29 is 14.0 Å². The molecular weight excluding hydrogens is 413 g/mol. The number of halogens is 2. The van der Waals surface area contributed by atoms with Crippen LogP contribution in [0.25, 0.3) is 0 Å². The monoisotopic (exact) mass is 429 g/mol. The number of anilines is 2. The minimum Gasteiger partial charge on any atom is -0.322 e. The van der Waals surface area contributed by atoms with Crippen LogP contribution in [0, 0.1) is 5.82 Å². The van der Waals surface area contributed by atoms with E-state index >= 15 is 0 Å². The van der Waals surface area contributed by atoms with Crippen LogP contribution >= 0.6 is 23.4 Å². The van der Waals surface area contributed by atoms with Crippen LogP contribution < -0.4 is 10.6 Å². The molecule has 8 heteroatoms. The summed E-state index contributed by atoms with van der Waals surface area (Å²) in [6.45, 7) is 1.76. The van der Waals surface area contributed by atoms with E-state index in [1.54, 1.807) is 43.3 Å². The van der Waals surface area contributed by atoms with Gasteiger partial charge in [0.1, 0.15) is 11.6 Å². The normalized spacial score (nSPS) is 11.6. The van der Waals surface area contributed by atoms with Crippen molar-refractivity contribution in [2.45, 2.75) is 17.1 Å². The first-order valence-electron chi connectivity index (χ1n) is 8.67. The lowest BCUT2D eigenvalue weighted by Crippen LogP contribution is -2.22. The van der Waals surface area contributed by atoms with E-state index < -0.39 is 17.0 Å². The van der Waals surface area contributed by atoms with Gasteiger partial charge < -0.3 is 10.6 Å². The van der Waals surface area contributed by atoms with Crippen LogP contribution in [0.4, 0.5) is 15.9 Å². The number of benzene rings is 2. The number of amides is 2. The van der Waals surface area contributed by atoms with E-state index in [0.29, 0.717) is 16.5 Å². The molecule has 2 amide bonds. The van der Waals surface area contributed by atoms with E-state index in [1.165, 1.54) is 36.2 Å². The Morgan fingerprint density at radius 1 is 1.07 bits per heavy atom. The molecule has 1 atom stereocenters. The van der Waals surface area contributed by atoms with E-state index in [-0.39, 0.29) is 11.5 Å². The maximum absolute atomic E-state index is 13.8. The summed E-state index contributed by atoms with van der Waals surface area (Å²) in [6, 6.07) is 16.0. The summed E-state index contributed by atoms with van der Waals surface area (Å²) in [6.07, 6.45) is 1.46. The number of carbonyl (C=O) groups is 2. The van der Waals surface area contributed by atoms with E-state index in [0.717, 1.165) is 4.90 Å². The number of hydrogen-bond donors (Lipinski definition) is 2. The number of rotatable bonds is 6. The van der Waals surface area contributed by atoms with Crippen molar-refractivity contribution in [3.05, 3.63) is 83.3 Å². The molecule has 0 aliphatic heterocycles. The third-order valence-electron chi connectivity index (χ3n) is 3.87. The minimum atomic E-state index is -0.586. The Morgan fingerprint density at radius 3 is 2.59 bits per heavy atom. The molecule has 1 unspecified atom stereocenters. The van der Waals surface area contributed by atoms with Crippen LogP contribution in [-0.2, 0) is 4.79 Å². The maximum Gasteiger partial charge on any atom is 0.258 e. The van der Waals surface area contributed by atoms with Crippen LogP contribution in [0.3, 0.4) is 0 Å². The first kappa shape index (κ1) is 20.8. The molecule has 148 valence electrons. The number of nitrogens with zero attached hydrogens (tertiary/aromatic N) is 1. The zero-order valence-corrected chi connectivity index (χ0v) is 16.9. The molecule has 0 saturated carbocycles. The highest BCUT2D eigenvalue weighted by Crippen LogP contribution is 2.27. The fourth-order valence-corrected chi connectivity index (χ4v) is 3.46. The van der Waals surface area contributed by atoms with Crippen LogP contribution in [0.2, 0.25) is 5.02 Å². The van der Waals surface area contributed by atoms with Crippen molar-refractivity contribution >= 4 is 46.7 Å². The lowest BCUT2D eigenvalue weighted by molar-refractivity contribution is -0.115. The molecular formula is C21H17ClFN3O2S. The molecule has 0 bridgehead atoms. The van der Waals surface area contributed by atoms with Crippen LogP contribution in [0.15, 0.2) is 71.8 Å². The third-order valence-corrected chi connectivity index (χ3v) is 5.19. The Labute approximate surface area is 176 Å². The van der Waals surface area contributed by atoms with E-state index in [9.17, 15) is 14.0 Å². The summed E-state index contributed by atoms with van der Waals surface area (Å²) in [5.74, 6) is -0.926. The smallest absolute Gasteiger partial charge is 0.258 e. The quantitative estimate of drug-likeness (QED) is 0.525. The second-order valence-electron chi connectivity index (χ2n) is 6.07. The third kappa shape index (κ3) is 5.79. The first-order chi connectivity index (χ1) is 13.9. The number of nitrogens with one attached hydrogen (secondary N) is 2. The van der Waals surface area contributed by atoms with Gasteiger partial charge in [-0.15, -0.1) is 11.8 Å². The predicted molar refractivity (Wildman–Crippen MR) is 114 cm³/mol. The Kier molecular flexibility index (Phi) is 6.85. The zero-order valence-electron chi connectivity index (χ0n) is 15.4. The van der Waals surface area contributed by atoms with Crippen molar-refractivity contribution in [3.8, 4) is 0 Å². The van der Waals surface area contributed by atoms with Gasteiger partial charge in [0.25, 0.3) is 5.91 Å². The van der Waals surface area contributed by atoms with Crippen molar-refractivity contribution in [3.63, 3.8) is 0 Å². The second-order valence-corrected chi connectivity index (χ2v) is 7.92. The molecule has 29 heavy (non-hydrogen) atoms. The molecule has 0 aliphatic rings. The second kappa shape index (κ2) is 9.54. The van der Waals surface area contributed by atoms with E-state index in [4.69, 9.17) is 11.6 Å². The fourth-order valence-electron chi connectivity index (χ4n) is 2.43. The predicted octanol–water partition coefficient (Wildman–Crippen LogP) is 5.25. The topological polar surface area (TPSA) is 71.1 Å². The van der Waals surface area contributed by atoms with Crippen molar-refractivity contribution in [1.82, 2.24) is 4.98 Å². The molecule has 3 rings (SSSR count). The average Bonchev–Trinajstić information content (AvgIpc) is 2.70. The maximum atomic E-state index is 13.8. The average molecular weight is 430 g/mol. The van der Waals surface area contributed by atoms with Gasteiger partial charge in [0.05, 0.1) is 15.8 Å². The molecule has 0 radical (unpaired) electrons. The molecule has 0 fully saturated rings. The molecule has 5 nitrogen and oxygen atoms in total. The molecule has 0 spiro atoms. The Bertz CT molecular complexity index is 1030. The van der Waals surface area contributed by atoms with Gasteiger partial charge in [0.2, 0.25) is 5.91 Å². The number of carbonyl (C=O) groups excluding carboxylic acids is 2. The fraction of sp³-hybridized carbons (Fsp3) is 0.0952. The number of thioether (sulfide) groups is 1.